The molecule has 1 atom stereocenters. The van der Waals surface area contributed by atoms with Gasteiger partial charge in [0.05, 0.1) is 19.3 Å². The molecule has 1 aliphatic heterocycles. The molecule has 0 spiro atoms. The number of morpholine rings is 1. The number of nitrogens with one attached hydrogen (secondary N) is 2. The molecule has 0 saturated carbocycles. The van der Waals surface area contributed by atoms with Crippen LogP contribution in [0.2, 0.25) is 0 Å². The minimum Gasteiger partial charge on any atom is -0.385 e. The van der Waals surface area contributed by atoms with Gasteiger partial charge in [0, 0.05) is 60.0 Å². The summed E-state index contributed by atoms with van der Waals surface area (Å²) < 4.78 is 10.7. The molecule has 7 nitrogen and oxygen atoms in total. The lowest BCUT2D eigenvalue weighted by Crippen LogP contribution is -2.47. The van der Waals surface area contributed by atoms with Crippen LogP contribution in [0.1, 0.15) is 23.6 Å². The van der Waals surface area contributed by atoms with E-state index in [1.165, 1.54) is 11.1 Å². The van der Waals surface area contributed by atoms with Crippen molar-refractivity contribution in [1.29, 1.82) is 0 Å². The van der Waals surface area contributed by atoms with Crippen molar-refractivity contribution in [3.63, 3.8) is 0 Å². The van der Waals surface area contributed by atoms with Crippen molar-refractivity contribution >= 4 is 5.96 Å². The van der Waals surface area contributed by atoms with E-state index in [1.54, 1.807) is 7.11 Å². The number of methoxy groups -OCH3 is 1. The number of benzene rings is 1. The fourth-order valence-corrected chi connectivity index (χ4v) is 3.51. The molecule has 1 fully saturated rings. The van der Waals surface area contributed by atoms with Gasteiger partial charge < -0.3 is 25.0 Å². The van der Waals surface area contributed by atoms with E-state index in [4.69, 9.17) is 9.47 Å². The second-order valence-electron chi connectivity index (χ2n) is 7.60. The van der Waals surface area contributed by atoms with Crippen molar-refractivity contribution in [3.8, 4) is 0 Å². The predicted octanol–water partition coefficient (Wildman–Crippen LogP) is 1.50. The maximum Gasteiger partial charge on any atom is 0.191 e. The first-order chi connectivity index (χ1) is 14.1. The molecule has 0 bridgehead atoms. The van der Waals surface area contributed by atoms with Crippen LogP contribution >= 0.6 is 0 Å². The SMILES string of the molecule is CN=C(NCCN(C)CCCOC)NCC(c1ccc(C)cc1)N1CCOCC1. The third-order valence-corrected chi connectivity index (χ3v) is 5.31. The Balaban J connectivity index is 1.85. The van der Waals surface area contributed by atoms with E-state index >= 15 is 0 Å². The zero-order valence-corrected chi connectivity index (χ0v) is 18.6. The highest BCUT2D eigenvalue weighted by Crippen LogP contribution is 2.21. The second-order valence-corrected chi connectivity index (χ2v) is 7.60. The summed E-state index contributed by atoms with van der Waals surface area (Å²) in [5.41, 5.74) is 2.62. The van der Waals surface area contributed by atoms with Gasteiger partial charge in [-0.05, 0) is 26.0 Å². The normalized spacial score (nSPS) is 16.8. The largest absolute Gasteiger partial charge is 0.385 e. The Kier molecular flexibility index (Phi) is 11.0. The average Bonchev–Trinajstić information content (AvgIpc) is 2.74. The molecule has 2 N–H and O–H groups in total. The fourth-order valence-electron chi connectivity index (χ4n) is 3.51. The van der Waals surface area contributed by atoms with Crippen LogP contribution < -0.4 is 10.6 Å². The summed E-state index contributed by atoms with van der Waals surface area (Å²) in [6.45, 7) is 10.1. The Hall–Kier alpha value is -1.67. The molecule has 0 radical (unpaired) electrons. The first kappa shape index (κ1) is 23.6. The maximum atomic E-state index is 5.55. The van der Waals surface area contributed by atoms with Crippen LogP contribution in [0, 0.1) is 6.92 Å². The molecule has 1 aromatic rings. The van der Waals surface area contributed by atoms with Gasteiger partial charge >= 0.3 is 0 Å². The van der Waals surface area contributed by atoms with Gasteiger partial charge in [-0.1, -0.05) is 29.8 Å². The van der Waals surface area contributed by atoms with Crippen molar-refractivity contribution in [2.75, 3.05) is 80.3 Å². The van der Waals surface area contributed by atoms with Gasteiger partial charge in [-0.15, -0.1) is 0 Å². The molecule has 164 valence electrons. The molecule has 1 aromatic carbocycles. The van der Waals surface area contributed by atoms with Gasteiger partial charge in [-0.2, -0.15) is 0 Å². The molecule has 0 amide bonds. The average molecular weight is 406 g/mol. The number of hydrogen-bond acceptors (Lipinski definition) is 5. The first-order valence-electron chi connectivity index (χ1n) is 10.6. The number of aliphatic imine (C=N–C) groups is 1. The smallest absolute Gasteiger partial charge is 0.191 e. The van der Waals surface area contributed by atoms with Crippen molar-refractivity contribution in [1.82, 2.24) is 20.4 Å². The molecule has 1 heterocycles. The molecule has 29 heavy (non-hydrogen) atoms. The summed E-state index contributed by atoms with van der Waals surface area (Å²) in [7, 11) is 5.71. The molecular formula is C22H39N5O2. The van der Waals surface area contributed by atoms with Crippen molar-refractivity contribution in [3.05, 3.63) is 35.4 Å². The van der Waals surface area contributed by atoms with Crippen molar-refractivity contribution in [2.24, 2.45) is 4.99 Å². The summed E-state index contributed by atoms with van der Waals surface area (Å²) in [6.07, 6.45) is 1.05. The fraction of sp³-hybridized carbons (Fsp3) is 0.682. The molecule has 0 aromatic heterocycles. The summed E-state index contributed by atoms with van der Waals surface area (Å²) >= 11 is 0. The summed E-state index contributed by atoms with van der Waals surface area (Å²) in [6, 6.07) is 9.16. The van der Waals surface area contributed by atoms with Crippen LogP contribution in [0.25, 0.3) is 0 Å². The van der Waals surface area contributed by atoms with Crippen LogP contribution in [0.3, 0.4) is 0 Å². The van der Waals surface area contributed by atoms with Gasteiger partial charge in [-0.3, -0.25) is 9.89 Å². The molecule has 1 aliphatic rings. The van der Waals surface area contributed by atoms with Crippen molar-refractivity contribution in [2.45, 2.75) is 19.4 Å². The monoisotopic (exact) mass is 405 g/mol. The topological polar surface area (TPSA) is 61.4 Å². The van der Waals surface area contributed by atoms with E-state index in [1.807, 2.05) is 7.05 Å². The number of ether oxygens (including phenoxy) is 2. The molecule has 1 saturated heterocycles. The molecule has 2 rings (SSSR count). The Morgan fingerprint density at radius 1 is 1.21 bits per heavy atom. The predicted molar refractivity (Wildman–Crippen MR) is 120 cm³/mol. The number of aryl methyl sites for hydroxylation is 1. The highest BCUT2D eigenvalue weighted by molar-refractivity contribution is 5.79. The number of hydrogen-bond donors (Lipinski definition) is 2. The van der Waals surface area contributed by atoms with Crippen LogP contribution in [0.5, 0.6) is 0 Å². The van der Waals surface area contributed by atoms with Gasteiger partial charge in [0.25, 0.3) is 0 Å². The van der Waals surface area contributed by atoms with Crippen LogP contribution in [0.4, 0.5) is 0 Å². The molecule has 7 heteroatoms. The van der Waals surface area contributed by atoms with E-state index in [2.05, 4.69) is 63.7 Å². The number of likely N-dealkylation sites (N-methyl/N-ethyl adjacent to an activating group) is 1. The summed E-state index contributed by atoms with van der Waals surface area (Å²) in [4.78, 5) is 9.20. The molecular weight excluding hydrogens is 366 g/mol. The Morgan fingerprint density at radius 2 is 1.93 bits per heavy atom. The van der Waals surface area contributed by atoms with Crippen LogP contribution in [-0.2, 0) is 9.47 Å². The zero-order chi connectivity index (χ0) is 20.9. The van der Waals surface area contributed by atoms with Crippen molar-refractivity contribution < 1.29 is 9.47 Å². The maximum absolute atomic E-state index is 5.55. The van der Waals surface area contributed by atoms with Crippen LogP contribution in [-0.4, -0.2) is 96.1 Å². The molecule has 0 aliphatic carbocycles. The van der Waals surface area contributed by atoms with E-state index in [-0.39, 0.29) is 0 Å². The Bertz CT molecular complexity index is 587. The summed E-state index contributed by atoms with van der Waals surface area (Å²) in [5.74, 6) is 0.848. The highest BCUT2D eigenvalue weighted by atomic mass is 16.5. The Morgan fingerprint density at radius 3 is 2.59 bits per heavy atom. The number of guanidine groups is 1. The van der Waals surface area contributed by atoms with Gasteiger partial charge in [-0.25, -0.2) is 0 Å². The third-order valence-electron chi connectivity index (χ3n) is 5.31. The minimum absolute atomic E-state index is 0.301. The van der Waals surface area contributed by atoms with Gasteiger partial charge in [0.1, 0.15) is 0 Å². The minimum atomic E-state index is 0.301. The van der Waals surface area contributed by atoms with E-state index in [0.717, 1.165) is 71.5 Å². The van der Waals surface area contributed by atoms with E-state index in [0.29, 0.717) is 6.04 Å². The van der Waals surface area contributed by atoms with Gasteiger partial charge in [0.15, 0.2) is 5.96 Å². The lowest BCUT2D eigenvalue weighted by atomic mass is 10.0. The Labute approximate surface area is 176 Å². The van der Waals surface area contributed by atoms with Gasteiger partial charge in [0.2, 0.25) is 0 Å². The van der Waals surface area contributed by atoms with E-state index < -0.39 is 0 Å². The van der Waals surface area contributed by atoms with Crippen LogP contribution in [0.15, 0.2) is 29.3 Å². The zero-order valence-electron chi connectivity index (χ0n) is 18.6. The highest BCUT2D eigenvalue weighted by Gasteiger charge is 2.22. The lowest BCUT2D eigenvalue weighted by Gasteiger charge is -2.35. The lowest BCUT2D eigenvalue weighted by molar-refractivity contribution is 0.0170. The number of nitrogens with zero attached hydrogens (tertiary/aromatic N) is 3. The third kappa shape index (κ3) is 8.70. The first-order valence-corrected chi connectivity index (χ1v) is 10.6. The van der Waals surface area contributed by atoms with E-state index in [9.17, 15) is 0 Å². The number of rotatable bonds is 11. The molecule has 1 unspecified atom stereocenters. The summed E-state index contributed by atoms with van der Waals surface area (Å²) in [5, 5.41) is 6.96. The standard InChI is InChI=1S/C22H39N5O2/c1-19-6-8-20(9-7-19)21(27-13-16-29-17-14-27)18-25-22(23-2)24-10-12-26(3)11-5-15-28-4/h6-9,21H,5,10-18H2,1-4H3,(H2,23,24,25). The second kappa shape index (κ2) is 13.5. The quantitative estimate of drug-likeness (QED) is 0.331.